The van der Waals surface area contributed by atoms with Crippen molar-refractivity contribution >= 4 is 25.8 Å². The van der Waals surface area contributed by atoms with E-state index in [1.807, 2.05) is 6.07 Å². The summed E-state index contributed by atoms with van der Waals surface area (Å²) >= 11 is 3.22. The van der Waals surface area contributed by atoms with Gasteiger partial charge in [-0.05, 0) is 17.7 Å². The largest absolute Gasteiger partial charge is 0.229 e. The van der Waals surface area contributed by atoms with Crippen LogP contribution in [-0.2, 0) is 15.6 Å². The van der Waals surface area contributed by atoms with Gasteiger partial charge in [0.2, 0.25) is 0 Å². The summed E-state index contributed by atoms with van der Waals surface area (Å²) in [6, 6.07) is 6.94. The molecule has 0 radical (unpaired) electrons. The van der Waals surface area contributed by atoms with Crippen molar-refractivity contribution in [3.63, 3.8) is 0 Å². The molecule has 0 saturated heterocycles. The Bertz CT molecular complexity index is 488. The van der Waals surface area contributed by atoms with E-state index in [1.165, 1.54) is 0 Å². The third kappa shape index (κ3) is 3.13. The Hall–Kier alpha value is -0.860. The van der Waals surface area contributed by atoms with E-state index in [4.69, 9.17) is 5.26 Å². The van der Waals surface area contributed by atoms with Crippen molar-refractivity contribution in [3.8, 4) is 6.07 Å². The number of nitriles is 1. The molecule has 0 amide bonds. The lowest BCUT2D eigenvalue weighted by atomic mass is 10.1. The molecule has 0 saturated carbocycles. The number of nitrogens with zero attached hydrogens (tertiary/aromatic N) is 1. The molecule has 0 aliphatic carbocycles. The highest BCUT2D eigenvalue weighted by atomic mass is 79.9. The molecule has 0 aliphatic heterocycles. The van der Waals surface area contributed by atoms with Crippen LogP contribution in [0.2, 0.25) is 0 Å². The third-order valence-electron chi connectivity index (χ3n) is 1.61. The SMILES string of the molecule is CS(=O)(=O)Cc1ccc(Br)cc1C#N. The molecule has 14 heavy (non-hydrogen) atoms. The molecule has 1 aromatic rings. The van der Waals surface area contributed by atoms with Crippen LogP contribution in [0.3, 0.4) is 0 Å². The van der Waals surface area contributed by atoms with Crippen LogP contribution < -0.4 is 0 Å². The molecule has 0 N–H and O–H groups in total. The molecule has 1 aromatic carbocycles. The Kier molecular flexibility index (Phi) is 3.29. The summed E-state index contributed by atoms with van der Waals surface area (Å²) in [5.74, 6) is -0.0941. The molecule has 0 spiro atoms. The number of hydrogen-bond donors (Lipinski definition) is 0. The van der Waals surface area contributed by atoms with Crippen LogP contribution >= 0.6 is 15.9 Å². The maximum Gasteiger partial charge on any atom is 0.151 e. The fourth-order valence-corrected chi connectivity index (χ4v) is 2.24. The van der Waals surface area contributed by atoms with Crippen LogP contribution in [-0.4, -0.2) is 14.7 Å². The first-order chi connectivity index (χ1) is 6.42. The average Bonchev–Trinajstić information content (AvgIpc) is 2.06. The van der Waals surface area contributed by atoms with E-state index >= 15 is 0 Å². The summed E-state index contributed by atoms with van der Waals surface area (Å²) in [5, 5.41) is 8.77. The Morgan fingerprint density at radius 2 is 2.14 bits per heavy atom. The van der Waals surface area contributed by atoms with Crippen LogP contribution in [0.25, 0.3) is 0 Å². The first kappa shape index (κ1) is 11.2. The average molecular weight is 274 g/mol. The molecular formula is C9H8BrNO2S. The van der Waals surface area contributed by atoms with Crippen molar-refractivity contribution in [2.24, 2.45) is 0 Å². The number of hydrogen-bond acceptors (Lipinski definition) is 3. The van der Waals surface area contributed by atoms with Gasteiger partial charge in [0.15, 0.2) is 9.84 Å². The van der Waals surface area contributed by atoms with Gasteiger partial charge >= 0.3 is 0 Å². The monoisotopic (exact) mass is 273 g/mol. The summed E-state index contributed by atoms with van der Waals surface area (Å²) < 4.78 is 22.8. The number of rotatable bonds is 2. The zero-order chi connectivity index (χ0) is 10.8. The molecule has 3 nitrogen and oxygen atoms in total. The summed E-state index contributed by atoms with van der Waals surface area (Å²) in [6.45, 7) is 0. The van der Waals surface area contributed by atoms with Gasteiger partial charge in [-0.1, -0.05) is 22.0 Å². The Labute approximate surface area is 91.4 Å². The summed E-state index contributed by atoms with van der Waals surface area (Å²) in [7, 11) is -3.09. The highest BCUT2D eigenvalue weighted by Crippen LogP contribution is 2.17. The zero-order valence-electron chi connectivity index (χ0n) is 7.49. The van der Waals surface area contributed by atoms with Gasteiger partial charge in [-0.15, -0.1) is 0 Å². The highest BCUT2D eigenvalue weighted by molar-refractivity contribution is 9.10. The summed E-state index contributed by atoms with van der Waals surface area (Å²) in [6.07, 6.45) is 1.15. The first-order valence-corrected chi connectivity index (χ1v) is 6.64. The van der Waals surface area contributed by atoms with E-state index < -0.39 is 9.84 Å². The van der Waals surface area contributed by atoms with E-state index in [0.717, 1.165) is 10.7 Å². The summed E-state index contributed by atoms with van der Waals surface area (Å²) in [4.78, 5) is 0. The molecule has 0 bridgehead atoms. The topological polar surface area (TPSA) is 57.9 Å². The van der Waals surface area contributed by atoms with Gasteiger partial charge in [-0.2, -0.15) is 5.26 Å². The predicted octanol–water partition coefficient (Wildman–Crippen LogP) is 1.87. The lowest BCUT2D eigenvalue weighted by Gasteiger charge is -2.02. The molecule has 0 heterocycles. The molecule has 1 rings (SSSR count). The van der Waals surface area contributed by atoms with Gasteiger partial charge in [-0.25, -0.2) is 8.42 Å². The smallest absolute Gasteiger partial charge is 0.151 e. The minimum absolute atomic E-state index is 0.0941. The fourth-order valence-electron chi connectivity index (χ4n) is 1.06. The zero-order valence-corrected chi connectivity index (χ0v) is 9.89. The van der Waals surface area contributed by atoms with Gasteiger partial charge in [0.05, 0.1) is 17.4 Å². The second-order valence-corrected chi connectivity index (χ2v) is 6.04. The van der Waals surface area contributed by atoms with Crippen molar-refractivity contribution in [1.82, 2.24) is 0 Å². The standard InChI is InChI=1S/C9H8BrNO2S/c1-14(12,13)6-7-2-3-9(10)4-8(7)5-11/h2-4H,6H2,1H3. The van der Waals surface area contributed by atoms with Crippen molar-refractivity contribution in [1.29, 1.82) is 5.26 Å². The summed E-state index contributed by atoms with van der Waals surface area (Å²) in [5.41, 5.74) is 0.933. The quantitative estimate of drug-likeness (QED) is 0.827. The van der Waals surface area contributed by atoms with E-state index in [-0.39, 0.29) is 5.75 Å². The van der Waals surface area contributed by atoms with Gasteiger partial charge in [0.1, 0.15) is 0 Å². The van der Waals surface area contributed by atoms with Crippen molar-refractivity contribution < 1.29 is 8.42 Å². The van der Waals surface area contributed by atoms with E-state index in [0.29, 0.717) is 11.1 Å². The predicted molar refractivity (Wildman–Crippen MR) is 57.4 cm³/mol. The molecular weight excluding hydrogens is 266 g/mol. The van der Waals surface area contributed by atoms with Gasteiger partial charge in [0, 0.05) is 10.7 Å². The Morgan fingerprint density at radius 3 is 2.64 bits per heavy atom. The Morgan fingerprint density at radius 1 is 1.50 bits per heavy atom. The second kappa shape index (κ2) is 4.11. The normalized spacial score (nSPS) is 10.9. The second-order valence-electron chi connectivity index (χ2n) is 2.98. The maximum absolute atomic E-state index is 11.0. The molecule has 0 fully saturated rings. The van der Waals surface area contributed by atoms with Crippen LogP contribution in [0, 0.1) is 11.3 Å². The van der Waals surface area contributed by atoms with Crippen molar-refractivity contribution in [3.05, 3.63) is 33.8 Å². The van der Waals surface area contributed by atoms with Crippen molar-refractivity contribution in [2.75, 3.05) is 6.26 Å². The molecule has 74 valence electrons. The van der Waals surface area contributed by atoms with E-state index in [9.17, 15) is 8.42 Å². The van der Waals surface area contributed by atoms with E-state index in [2.05, 4.69) is 15.9 Å². The van der Waals surface area contributed by atoms with Crippen LogP contribution in [0.4, 0.5) is 0 Å². The van der Waals surface area contributed by atoms with Crippen LogP contribution in [0.1, 0.15) is 11.1 Å². The number of sulfone groups is 1. The maximum atomic E-state index is 11.0. The fraction of sp³-hybridized carbons (Fsp3) is 0.222. The molecule has 0 aliphatic rings. The van der Waals surface area contributed by atoms with Gasteiger partial charge in [-0.3, -0.25) is 0 Å². The molecule has 5 heteroatoms. The number of benzene rings is 1. The number of halogens is 1. The lowest BCUT2D eigenvalue weighted by molar-refractivity contribution is 0.601. The molecule has 0 aromatic heterocycles. The van der Waals surface area contributed by atoms with Crippen LogP contribution in [0.15, 0.2) is 22.7 Å². The Balaban J connectivity index is 3.17. The highest BCUT2D eigenvalue weighted by Gasteiger charge is 2.09. The minimum atomic E-state index is -3.09. The third-order valence-corrected chi connectivity index (χ3v) is 2.94. The van der Waals surface area contributed by atoms with Crippen LogP contribution in [0.5, 0.6) is 0 Å². The van der Waals surface area contributed by atoms with Gasteiger partial charge < -0.3 is 0 Å². The lowest BCUT2D eigenvalue weighted by Crippen LogP contribution is -2.02. The molecule has 0 unspecified atom stereocenters. The molecule has 0 atom stereocenters. The minimum Gasteiger partial charge on any atom is -0.229 e. The van der Waals surface area contributed by atoms with Gasteiger partial charge in [0.25, 0.3) is 0 Å². The van der Waals surface area contributed by atoms with Crippen molar-refractivity contribution in [2.45, 2.75) is 5.75 Å². The van der Waals surface area contributed by atoms with E-state index in [1.54, 1.807) is 18.2 Å². The first-order valence-electron chi connectivity index (χ1n) is 3.78.